The van der Waals surface area contributed by atoms with Crippen LogP contribution >= 0.6 is 0 Å². The Hall–Kier alpha value is -0.569. The van der Waals surface area contributed by atoms with Crippen LogP contribution in [0.15, 0.2) is 35.3 Å². The highest BCUT2D eigenvalue weighted by Crippen LogP contribution is 2.66. The van der Waals surface area contributed by atoms with Crippen molar-refractivity contribution in [2.24, 2.45) is 28.6 Å². The van der Waals surface area contributed by atoms with Crippen molar-refractivity contribution >= 4 is 25.0 Å². The van der Waals surface area contributed by atoms with Gasteiger partial charge in [-0.15, -0.1) is 0 Å². The molecule has 2 fully saturated rings. The van der Waals surface area contributed by atoms with Gasteiger partial charge in [-0.1, -0.05) is 13.8 Å². The summed E-state index contributed by atoms with van der Waals surface area (Å²) < 4.78 is 20.2. The predicted molar refractivity (Wildman–Crippen MR) is 151 cm³/mol. The van der Waals surface area contributed by atoms with Crippen LogP contribution in [0, 0.1) is 28.6 Å². The average Bonchev–Trinajstić information content (AvgIpc) is 2.95. The fraction of sp³-hybridized carbons (Fsp3) is 0.786. The van der Waals surface area contributed by atoms with Crippen LogP contribution in [0.1, 0.15) is 46.0 Å². The van der Waals surface area contributed by atoms with Gasteiger partial charge in [-0.05, 0) is 138 Å². The van der Waals surface area contributed by atoms with Gasteiger partial charge in [0.2, 0.25) is 16.6 Å². The molecule has 0 aromatic carbocycles. The van der Waals surface area contributed by atoms with Gasteiger partial charge in [-0.3, -0.25) is 0 Å². The molecule has 0 spiro atoms. The number of fused-ring (bicyclic) bond motifs is 5. The Bertz CT molecular complexity index is 901. The molecule has 4 aliphatic carbocycles. The summed E-state index contributed by atoms with van der Waals surface area (Å²) in [5.41, 5.74) is 1.89. The van der Waals surface area contributed by atoms with Crippen molar-refractivity contribution in [3.05, 3.63) is 35.3 Å². The molecule has 4 aliphatic rings. The first-order valence-corrected chi connectivity index (χ1v) is 23.8. The van der Waals surface area contributed by atoms with E-state index in [0.717, 1.165) is 18.6 Å². The lowest BCUT2D eigenvalue weighted by Gasteiger charge is -2.59. The molecule has 0 aromatic rings. The third-order valence-corrected chi connectivity index (χ3v) is 11.3. The van der Waals surface area contributed by atoms with Gasteiger partial charge < -0.3 is 13.3 Å². The fourth-order valence-corrected chi connectivity index (χ4v) is 10.3. The summed E-state index contributed by atoms with van der Waals surface area (Å²) >= 11 is 0. The second-order valence-corrected chi connectivity index (χ2v) is 28.2. The largest absolute Gasteiger partial charge is 0.547 e. The van der Waals surface area contributed by atoms with E-state index in [2.05, 4.69) is 91.0 Å². The van der Waals surface area contributed by atoms with E-state index < -0.39 is 25.0 Å². The molecule has 2 saturated carbocycles. The van der Waals surface area contributed by atoms with Gasteiger partial charge in [0.25, 0.3) is 0 Å². The summed E-state index contributed by atoms with van der Waals surface area (Å²) in [5, 5.41) is 0. The number of rotatable bonds is 6. The standard InChI is InChI=1S/C28H50O3Si3/c1-27-16-14-20(29-32(3,4)5)18-24(27)25(30-33(6,7)8)19-21-22-12-13-26(31-34(9,10)11)28(22,2)17-15-23(21)27/h13-14,18,21-23,25H,12,15-17,19H2,1-11H3. The van der Waals surface area contributed by atoms with Gasteiger partial charge in [-0.25, -0.2) is 0 Å². The van der Waals surface area contributed by atoms with E-state index in [4.69, 9.17) is 13.3 Å². The Balaban J connectivity index is 1.68. The van der Waals surface area contributed by atoms with Crippen molar-refractivity contribution in [1.82, 2.24) is 0 Å². The molecule has 4 rings (SSSR count). The summed E-state index contributed by atoms with van der Waals surface area (Å²) in [5.74, 6) is 4.49. The Labute approximate surface area is 212 Å². The maximum absolute atomic E-state index is 6.99. The van der Waals surface area contributed by atoms with Gasteiger partial charge in [0, 0.05) is 5.41 Å². The maximum atomic E-state index is 6.99. The highest BCUT2D eigenvalue weighted by Gasteiger charge is 2.60. The molecule has 0 aromatic heterocycles. The summed E-state index contributed by atoms with van der Waals surface area (Å²) in [6.07, 6.45) is 13.4. The van der Waals surface area contributed by atoms with Crippen molar-refractivity contribution in [2.75, 3.05) is 0 Å². The Morgan fingerprint density at radius 2 is 1.44 bits per heavy atom. The smallest absolute Gasteiger partial charge is 0.242 e. The predicted octanol–water partition coefficient (Wildman–Crippen LogP) is 8.47. The Morgan fingerprint density at radius 1 is 0.794 bits per heavy atom. The van der Waals surface area contributed by atoms with Crippen LogP contribution in [0.5, 0.6) is 0 Å². The molecular formula is C28H50O3Si3. The van der Waals surface area contributed by atoms with Crippen LogP contribution in [-0.2, 0) is 13.3 Å². The SMILES string of the molecule is CC12CCC3C(CC(O[Si](C)(C)C)C4=CC(O[Si](C)(C)C)=CCC43C)C1CC=C2O[Si](C)(C)C. The van der Waals surface area contributed by atoms with Crippen molar-refractivity contribution in [1.29, 1.82) is 0 Å². The minimum absolute atomic E-state index is 0.170. The third-order valence-electron chi connectivity index (χ3n) is 8.62. The highest BCUT2D eigenvalue weighted by atomic mass is 28.4. The first-order valence-electron chi connectivity index (χ1n) is 13.6. The lowest BCUT2D eigenvalue weighted by molar-refractivity contribution is -0.0606. The Morgan fingerprint density at radius 3 is 2.03 bits per heavy atom. The van der Waals surface area contributed by atoms with E-state index >= 15 is 0 Å². The number of allylic oxidation sites excluding steroid dienone is 4. The molecule has 0 heterocycles. The molecular weight excluding hydrogens is 469 g/mol. The minimum Gasteiger partial charge on any atom is -0.547 e. The monoisotopic (exact) mass is 518 g/mol. The zero-order chi connectivity index (χ0) is 25.3. The molecule has 0 N–H and O–H groups in total. The third kappa shape index (κ3) is 5.12. The van der Waals surface area contributed by atoms with Crippen LogP contribution in [-0.4, -0.2) is 31.1 Å². The normalized spacial score (nSPS) is 38.1. The van der Waals surface area contributed by atoms with Gasteiger partial charge >= 0.3 is 0 Å². The molecule has 6 unspecified atom stereocenters. The van der Waals surface area contributed by atoms with Crippen molar-refractivity contribution in [3.8, 4) is 0 Å². The van der Waals surface area contributed by atoms with E-state index in [1.54, 1.807) is 0 Å². The van der Waals surface area contributed by atoms with Crippen molar-refractivity contribution in [2.45, 2.75) is 111 Å². The summed E-state index contributed by atoms with van der Waals surface area (Å²) in [6.45, 7) is 25.9. The molecule has 6 heteroatoms. The summed E-state index contributed by atoms with van der Waals surface area (Å²) in [6, 6.07) is 0. The van der Waals surface area contributed by atoms with E-state index in [-0.39, 0.29) is 16.9 Å². The van der Waals surface area contributed by atoms with Crippen LogP contribution in [0.25, 0.3) is 0 Å². The lowest BCUT2D eigenvalue weighted by Crippen LogP contribution is -2.55. The quantitative estimate of drug-likeness (QED) is 0.330. The van der Waals surface area contributed by atoms with Crippen LogP contribution < -0.4 is 0 Å². The zero-order valence-electron chi connectivity index (χ0n) is 23.8. The maximum Gasteiger partial charge on any atom is 0.242 e. The molecule has 0 radical (unpaired) electrons. The molecule has 34 heavy (non-hydrogen) atoms. The minimum atomic E-state index is -1.70. The zero-order valence-corrected chi connectivity index (χ0v) is 26.8. The van der Waals surface area contributed by atoms with E-state index in [1.807, 2.05) is 0 Å². The molecule has 0 aliphatic heterocycles. The number of hydrogen-bond donors (Lipinski definition) is 0. The van der Waals surface area contributed by atoms with Crippen LogP contribution in [0.3, 0.4) is 0 Å². The van der Waals surface area contributed by atoms with E-state index in [9.17, 15) is 0 Å². The topological polar surface area (TPSA) is 27.7 Å². The number of hydrogen-bond acceptors (Lipinski definition) is 3. The molecule has 0 bridgehead atoms. The van der Waals surface area contributed by atoms with Gasteiger partial charge in [-0.2, -0.15) is 0 Å². The van der Waals surface area contributed by atoms with Gasteiger partial charge in [0.15, 0.2) is 8.32 Å². The Kier molecular flexibility index (Phi) is 6.62. The summed E-state index contributed by atoms with van der Waals surface area (Å²) in [4.78, 5) is 0. The van der Waals surface area contributed by atoms with Crippen molar-refractivity contribution in [3.63, 3.8) is 0 Å². The first kappa shape index (κ1) is 26.5. The van der Waals surface area contributed by atoms with E-state index in [1.165, 1.54) is 30.6 Å². The van der Waals surface area contributed by atoms with Crippen molar-refractivity contribution < 1.29 is 13.3 Å². The molecule has 3 nitrogen and oxygen atoms in total. The molecule has 0 saturated heterocycles. The second-order valence-electron chi connectivity index (χ2n) is 14.8. The molecule has 6 atom stereocenters. The van der Waals surface area contributed by atoms with Gasteiger partial charge in [0.1, 0.15) is 0 Å². The van der Waals surface area contributed by atoms with Crippen LogP contribution in [0.4, 0.5) is 0 Å². The first-order chi connectivity index (χ1) is 15.4. The average molecular weight is 519 g/mol. The van der Waals surface area contributed by atoms with E-state index in [0.29, 0.717) is 17.8 Å². The van der Waals surface area contributed by atoms with Crippen LogP contribution in [0.2, 0.25) is 58.9 Å². The fourth-order valence-electron chi connectivity index (χ4n) is 7.39. The summed E-state index contributed by atoms with van der Waals surface area (Å²) in [7, 11) is -4.97. The van der Waals surface area contributed by atoms with Gasteiger partial charge in [0.05, 0.1) is 17.6 Å². The second kappa shape index (κ2) is 8.49. The molecule has 192 valence electrons. The lowest BCUT2D eigenvalue weighted by atomic mass is 9.47. The molecule has 0 amide bonds. The highest BCUT2D eigenvalue weighted by molar-refractivity contribution is 6.70.